The normalized spacial score (nSPS) is 20.4. The van der Waals surface area contributed by atoms with Gasteiger partial charge in [-0.05, 0) is 26.0 Å². The second-order valence-corrected chi connectivity index (χ2v) is 6.42. The number of aromatic nitrogens is 1. The lowest BCUT2D eigenvalue weighted by molar-refractivity contribution is -0.140. The van der Waals surface area contributed by atoms with Crippen molar-refractivity contribution in [3.63, 3.8) is 0 Å². The summed E-state index contributed by atoms with van der Waals surface area (Å²) in [5, 5.41) is 20.5. The fourth-order valence-electron chi connectivity index (χ4n) is 3.07. The molecular weight excluding hydrogens is 332 g/mol. The number of carbonyl (C=O) groups is 2. The molecule has 2 heterocycles. The van der Waals surface area contributed by atoms with Gasteiger partial charge in [0.25, 0.3) is 11.7 Å². The Balaban J connectivity index is 2.17. The Morgan fingerprint density at radius 1 is 1.19 bits per heavy atom. The first-order valence-electron chi connectivity index (χ1n) is 8.34. The molecule has 1 saturated heterocycles. The van der Waals surface area contributed by atoms with Gasteiger partial charge in [0.15, 0.2) is 0 Å². The Morgan fingerprint density at radius 2 is 1.88 bits per heavy atom. The van der Waals surface area contributed by atoms with Gasteiger partial charge in [-0.15, -0.1) is 0 Å². The minimum absolute atomic E-state index is 0.0156. The molecule has 1 aliphatic heterocycles. The van der Waals surface area contributed by atoms with Crippen LogP contribution in [0, 0.1) is 6.92 Å². The summed E-state index contributed by atoms with van der Waals surface area (Å²) in [5.74, 6) is -1.78. The molecule has 1 aromatic carbocycles. The van der Waals surface area contributed by atoms with E-state index in [1.807, 2.05) is 19.1 Å². The van der Waals surface area contributed by atoms with E-state index in [2.05, 4.69) is 4.98 Å². The summed E-state index contributed by atoms with van der Waals surface area (Å²) in [5.41, 5.74) is 1.91. The summed E-state index contributed by atoms with van der Waals surface area (Å²) in [7, 11) is 0. The minimum atomic E-state index is -0.841. The molecule has 0 aliphatic carbocycles. The molecule has 2 unspecified atom stereocenters. The van der Waals surface area contributed by atoms with Gasteiger partial charge in [-0.25, -0.2) is 0 Å². The first kappa shape index (κ1) is 17.8. The number of aryl methyl sites for hydroxylation is 1. The molecule has 26 heavy (non-hydrogen) atoms. The predicted octanol–water partition coefficient (Wildman–Crippen LogP) is 2.19. The van der Waals surface area contributed by atoms with Crippen LogP contribution >= 0.6 is 0 Å². The zero-order valence-electron chi connectivity index (χ0n) is 14.6. The van der Waals surface area contributed by atoms with Gasteiger partial charge in [0, 0.05) is 18.3 Å². The van der Waals surface area contributed by atoms with Gasteiger partial charge >= 0.3 is 0 Å². The van der Waals surface area contributed by atoms with Gasteiger partial charge in [0.2, 0.25) is 0 Å². The summed E-state index contributed by atoms with van der Waals surface area (Å²) in [6, 6.07) is 11.3. The number of likely N-dealkylation sites (tertiary alicyclic amines) is 1. The Kier molecular flexibility index (Phi) is 4.86. The van der Waals surface area contributed by atoms with Crippen LogP contribution in [-0.4, -0.2) is 44.4 Å². The van der Waals surface area contributed by atoms with Crippen molar-refractivity contribution in [1.82, 2.24) is 9.88 Å². The molecule has 2 N–H and O–H groups in total. The molecule has 1 aliphatic rings. The topological polar surface area (TPSA) is 90.7 Å². The number of ketones is 1. The number of hydrogen-bond donors (Lipinski definition) is 2. The number of carbonyl (C=O) groups excluding carboxylic acids is 2. The molecule has 0 bridgehead atoms. The minimum Gasteiger partial charge on any atom is -0.507 e. The number of nitrogens with zero attached hydrogens (tertiary/aromatic N) is 2. The van der Waals surface area contributed by atoms with Gasteiger partial charge < -0.3 is 15.1 Å². The maximum Gasteiger partial charge on any atom is 0.295 e. The van der Waals surface area contributed by atoms with Gasteiger partial charge in [-0.2, -0.15) is 0 Å². The highest BCUT2D eigenvalue weighted by Gasteiger charge is 2.46. The smallest absolute Gasteiger partial charge is 0.295 e. The number of aliphatic hydroxyl groups excluding tert-OH is 2. The van der Waals surface area contributed by atoms with Gasteiger partial charge in [-0.3, -0.25) is 14.6 Å². The van der Waals surface area contributed by atoms with Crippen molar-refractivity contribution in [2.24, 2.45) is 0 Å². The summed E-state index contributed by atoms with van der Waals surface area (Å²) >= 11 is 0. The van der Waals surface area contributed by atoms with E-state index in [9.17, 15) is 19.8 Å². The average molecular weight is 352 g/mol. The molecule has 0 spiro atoms. The molecule has 1 aromatic heterocycles. The number of pyridine rings is 1. The molecule has 3 rings (SSSR count). The highest BCUT2D eigenvalue weighted by molar-refractivity contribution is 6.46. The molecule has 6 nitrogen and oxygen atoms in total. The lowest BCUT2D eigenvalue weighted by Gasteiger charge is -2.25. The van der Waals surface area contributed by atoms with Crippen LogP contribution in [0.15, 0.2) is 54.2 Å². The number of Topliss-reactive ketones (excluding diaryl/α,β-unsaturated/α-hetero) is 1. The highest BCUT2D eigenvalue weighted by atomic mass is 16.3. The van der Waals surface area contributed by atoms with Crippen LogP contribution in [0.1, 0.15) is 29.8 Å². The first-order chi connectivity index (χ1) is 12.4. The largest absolute Gasteiger partial charge is 0.507 e. The lowest BCUT2D eigenvalue weighted by Crippen LogP contribution is -2.35. The quantitative estimate of drug-likeness (QED) is 0.500. The van der Waals surface area contributed by atoms with Gasteiger partial charge in [0.05, 0.1) is 17.4 Å². The van der Waals surface area contributed by atoms with Crippen molar-refractivity contribution in [3.8, 4) is 0 Å². The molecule has 0 saturated carbocycles. The third-order valence-corrected chi connectivity index (χ3v) is 4.29. The summed E-state index contributed by atoms with van der Waals surface area (Å²) < 4.78 is 0. The van der Waals surface area contributed by atoms with E-state index in [-0.39, 0.29) is 17.9 Å². The van der Waals surface area contributed by atoms with Crippen molar-refractivity contribution in [3.05, 3.63) is 71.1 Å². The molecule has 0 radical (unpaired) electrons. The average Bonchev–Trinajstić information content (AvgIpc) is 2.87. The first-order valence-corrected chi connectivity index (χ1v) is 8.34. The second kappa shape index (κ2) is 7.09. The number of β-amino-alcohol motifs (C(OH)–C–C–N with tert-alkyl or cyclic N) is 1. The van der Waals surface area contributed by atoms with E-state index < -0.39 is 23.8 Å². The lowest BCUT2D eigenvalue weighted by atomic mass is 9.98. The monoisotopic (exact) mass is 352 g/mol. The van der Waals surface area contributed by atoms with Crippen LogP contribution in [0.4, 0.5) is 0 Å². The highest BCUT2D eigenvalue weighted by Crippen LogP contribution is 2.38. The van der Waals surface area contributed by atoms with Crippen LogP contribution in [-0.2, 0) is 9.59 Å². The maximum absolute atomic E-state index is 12.6. The predicted molar refractivity (Wildman–Crippen MR) is 96.1 cm³/mol. The molecular formula is C20H20N2O4. The number of hydrogen-bond acceptors (Lipinski definition) is 5. The third kappa shape index (κ3) is 3.23. The molecule has 2 atom stereocenters. The fraction of sp³-hybridized carbons (Fsp3) is 0.250. The van der Waals surface area contributed by atoms with E-state index >= 15 is 0 Å². The Hall–Kier alpha value is -2.99. The molecule has 1 amide bonds. The van der Waals surface area contributed by atoms with E-state index in [1.165, 1.54) is 11.8 Å². The Bertz CT molecular complexity index is 857. The molecule has 1 fully saturated rings. The van der Waals surface area contributed by atoms with Crippen LogP contribution < -0.4 is 0 Å². The SMILES string of the molecule is Cc1ccc(C(O)=C2C(=O)C(=O)N(CC(C)O)C2c2ccccn2)cc1. The molecule has 6 heteroatoms. The summed E-state index contributed by atoms with van der Waals surface area (Å²) in [6.07, 6.45) is 0.739. The number of rotatable bonds is 4. The van der Waals surface area contributed by atoms with Crippen LogP contribution in [0.25, 0.3) is 5.76 Å². The molecule has 134 valence electrons. The van der Waals surface area contributed by atoms with Crippen molar-refractivity contribution in [2.45, 2.75) is 26.0 Å². The van der Waals surface area contributed by atoms with Crippen molar-refractivity contribution in [1.29, 1.82) is 0 Å². The van der Waals surface area contributed by atoms with Crippen molar-refractivity contribution >= 4 is 17.4 Å². The summed E-state index contributed by atoms with van der Waals surface area (Å²) in [6.45, 7) is 3.42. The zero-order chi connectivity index (χ0) is 18.8. The van der Waals surface area contributed by atoms with Crippen LogP contribution in [0.2, 0.25) is 0 Å². The van der Waals surface area contributed by atoms with Crippen LogP contribution in [0.5, 0.6) is 0 Å². The number of aliphatic hydroxyl groups is 2. The Morgan fingerprint density at radius 3 is 2.46 bits per heavy atom. The van der Waals surface area contributed by atoms with E-state index in [0.29, 0.717) is 11.3 Å². The Labute approximate surface area is 151 Å². The van der Waals surface area contributed by atoms with Crippen LogP contribution in [0.3, 0.4) is 0 Å². The standard InChI is InChI=1S/C20H20N2O4/c1-12-6-8-14(9-7-12)18(24)16-17(15-5-3-4-10-21-15)22(11-13(2)23)20(26)19(16)25/h3-10,13,17,23-24H,11H2,1-2H3. The van der Waals surface area contributed by atoms with E-state index in [4.69, 9.17) is 0 Å². The van der Waals surface area contributed by atoms with Gasteiger partial charge in [-0.1, -0.05) is 35.9 Å². The fourth-order valence-corrected chi connectivity index (χ4v) is 3.07. The third-order valence-electron chi connectivity index (χ3n) is 4.29. The summed E-state index contributed by atoms with van der Waals surface area (Å²) in [4.78, 5) is 30.7. The van der Waals surface area contributed by atoms with E-state index in [0.717, 1.165) is 5.56 Å². The number of benzene rings is 1. The second-order valence-electron chi connectivity index (χ2n) is 6.42. The van der Waals surface area contributed by atoms with Gasteiger partial charge in [0.1, 0.15) is 11.8 Å². The van der Waals surface area contributed by atoms with E-state index in [1.54, 1.807) is 36.5 Å². The molecule has 2 aromatic rings. The van der Waals surface area contributed by atoms with Crippen molar-refractivity contribution < 1.29 is 19.8 Å². The maximum atomic E-state index is 12.6. The van der Waals surface area contributed by atoms with Crippen molar-refractivity contribution in [2.75, 3.05) is 6.54 Å². The number of amides is 1. The zero-order valence-corrected chi connectivity index (χ0v) is 14.6.